The van der Waals surface area contributed by atoms with Gasteiger partial charge >= 0.3 is 0 Å². The second kappa shape index (κ2) is 6.86. The van der Waals surface area contributed by atoms with Crippen molar-refractivity contribution in [3.63, 3.8) is 0 Å². The third kappa shape index (κ3) is 3.81. The molecule has 1 heterocycles. The minimum atomic E-state index is -0.0893. The molecule has 1 aromatic rings. The molecule has 5 heteroatoms. The number of nitrogens with one attached hydrogen (secondary N) is 1. The van der Waals surface area contributed by atoms with E-state index in [4.69, 9.17) is 0 Å². The van der Waals surface area contributed by atoms with Crippen molar-refractivity contribution in [3.8, 4) is 0 Å². The molecule has 1 saturated carbocycles. The summed E-state index contributed by atoms with van der Waals surface area (Å²) in [6.45, 7) is 4.16. The third-order valence-electron chi connectivity index (χ3n) is 4.47. The Labute approximate surface area is 121 Å². The minimum Gasteiger partial charge on any atom is -0.346 e. The smallest absolute Gasteiger partial charge is 0.220 e. The van der Waals surface area contributed by atoms with Crippen LogP contribution in [0.2, 0.25) is 0 Å². The summed E-state index contributed by atoms with van der Waals surface area (Å²) in [6.07, 6.45) is 8.85. The Morgan fingerprint density at radius 1 is 1.40 bits per heavy atom. The van der Waals surface area contributed by atoms with Crippen LogP contribution in [-0.4, -0.2) is 20.7 Å². The van der Waals surface area contributed by atoms with E-state index in [-0.39, 0.29) is 11.9 Å². The van der Waals surface area contributed by atoms with Crippen molar-refractivity contribution in [3.05, 3.63) is 12.2 Å². The molecule has 0 bridgehead atoms. The molecule has 1 N–H and O–H groups in total. The Balaban J connectivity index is 1.81. The van der Waals surface area contributed by atoms with Crippen LogP contribution < -0.4 is 5.32 Å². The second-order valence-electron chi connectivity index (χ2n) is 6.17. The summed E-state index contributed by atoms with van der Waals surface area (Å²) in [5.74, 6) is 2.11. The average Bonchev–Trinajstić information content (AvgIpc) is 2.86. The molecule has 1 aliphatic rings. The van der Waals surface area contributed by atoms with Crippen LogP contribution in [-0.2, 0) is 11.8 Å². The van der Waals surface area contributed by atoms with Gasteiger partial charge in [0.1, 0.15) is 6.33 Å². The zero-order valence-electron chi connectivity index (χ0n) is 12.8. The number of amides is 1. The van der Waals surface area contributed by atoms with Crippen molar-refractivity contribution in [2.24, 2.45) is 18.9 Å². The van der Waals surface area contributed by atoms with Crippen LogP contribution in [0.25, 0.3) is 0 Å². The number of rotatable bonds is 5. The molecule has 0 aliphatic heterocycles. The van der Waals surface area contributed by atoms with Gasteiger partial charge in [0.2, 0.25) is 5.91 Å². The van der Waals surface area contributed by atoms with Gasteiger partial charge < -0.3 is 9.88 Å². The van der Waals surface area contributed by atoms with Crippen molar-refractivity contribution < 1.29 is 4.79 Å². The Hall–Kier alpha value is -1.39. The fraction of sp³-hybridized carbons (Fsp3) is 0.800. The number of hydrogen-bond donors (Lipinski definition) is 1. The fourth-order valence-corrected chi connectivity index (χ4v) is 3.21. The van der Waals surface area contributed by atoms with E-state index in [0.29, 0.717) is 12.3 Å². The van der Waals surface area contributed by atoms with Crippen LogP contribution in [0.5, 0.6) is 0 Å². The molecule has 20 heavy (non-hydrogen) atoms. The van der Waals surface area contributed by atoms with Crippen LogP contribution in [0.3, 0.4) is 0 Å². The monoisotopic (exact) mass is 278 g/mol. The van der Waals surface area contributed by atoms with E-state index in [1.165, 1.54) is 32.1 Å². The van der Waals surface area contributed by atoms with Crippen molar-refractivity contribution in [1.82, 2.24) is 20.1 Å². The summed E-state index contributed by atoms with van der Waals surface area (Å²) >= 11 is 0. The Bertz CT molecular complexity index is 437. The molecule has 0 spiro atoms. The van der Waals surface area contributed by atoms with E-state index in [2.05, 4.69) is 22.4 Å². The zero-order valence-corrected chi connectivity index (χ0v) is 12.8. The first-order chi connectivity index (χ1) is 9.58. The fourth-order valence-electron chi connectivity index (χ4n) is 3.21. The molecule has 0 unspecified atom stereocenters. The lowest BCUT2D eigenvalue weighted by atomic mass is 9.79. The van der Waals surface area contributed by atoms with Gasteiger partial charge in [-0.15, -0.1) is 10.2 Å². The number of hydrogen-bond acceptors (Lipinski definition) is 3. The highest BCUT2D eigenvalue weighted by atomic mass is 16.1. The van der Waals surface area contributed by atoms with Crippen LogP contribution in [0.4, 0.5) is 0 Å². The Morgan fingerprint density at radius 3 is 2.70 bits per heavy atom. The van der Waals surface area contributed by atoms with Crippen molar-refractivity contribution in [2.75, 3.05) is 0 Å². The highest BCUT2D eigenvalue weighted by Gasteiger charge is 2.23. The standard InChI is InChI=1S/C15H26N4O/c1-11(13-7-5-4-6-8-13)9-14(20)17-12(2)15-18-16-10-19(15)3/h10-13H,4-9H2,1-3H3,(H,17,20)/t11-,12+/m0/s1. The van der Waals surface area contributed by atoms with Crippen LogP contribution in [0.1, 0.15) is 64.2 Å². The van der Waals surface area contributed by atoms with Gasteiger partial charge in [-0.25, -0.2) is 0 Å². The average molecular weight is 278 g/mol. The Kier molecular flexibility index (Phi) is 5.15. The van der Waals surface area contributed by atoms with E-state index < -0.39 is 0 Å². The maximum Gasteiger partial charge on any atom is 0.220 e. The number of nitrogens with zero attached hydrogens (tertiary/aromatic N) is 3. The summed E-state index contributed by atoms with van der Waals surface area (Å²) in [6, 6.07) is -0.0893. The second-order valence-corrected chi connectivity index (χ2v) is 6.17. The molecule has 1 fully saturated rings. The normalized spacial score (nSPS) is 19.6. The summed E-state index contributed by atoms with van der Waals surface area (Å²) < 4.78 is 1.84. The van der Waals surface area contributed by atoms with Gasteiger partial charge in [0.15, 0.2) is 5.82 Å². The van der Waals surface area contributed by atoms with E-state index in [1.807, 2.05) is 18.5 Å². The van der Waals surface area contributed by atoms with Crippen LogP contribution in [0, 0.1) is 11.8 Å². The largest absolute Gasteiger partial charge is 0.346 e. The van der Waals surface area contributed by atoms with Gasteiger partial charge in [-0.3, -0.25) is 4.79 Å². The minimum absolute atomic E-state index is 0.0893. The molecule has 2 rings (SSSR count). The predicted octanol–water partition coefficient (Wildman–Crippen LogP) is 2.60. The first-order valence-electron chi connectivity index (χ1n) is 7.71. The molecule has 0 aromatic carbocycles. The summed E-state index contributed by atoms with van der Waals surface area (Å²) in [5.41, 5.74) is 0. The highest BCUT2D eigenvalue weighted by Crippen LogP contribution is 2.31. The van der Waals surface area contributed by atoms with E-state index in [1.54, 1.807) is 6.33 Å². The number of aromatic nitrogens is 3. The maximum absolute atomic E-state index is 12.1. The molecular formula is C15H26N4O. The van der Waals surface area contributed by atoms with Gasteiger partial charge in [0, 0.05) is 13.5 Å². The number of aryl methyl sites for hydroxylation is 1. The SMILES string of the molecule is C[C@@H](NC(=O)C[C@H](C)C1CCCCC1)c1nncn1C. The highest BCUT2D eigenvalue weighted by molar-refractivity contribution is 5.76. The molecule has 0 saturated heterocycles. The van der Waals surface area contributed by atoms with Crippen molar-refractivity contribution in [1.29, 1.82) is 0 Å². The maximum atomic E-state index is 12.1. The Morgan fingerprint density at radius 2 is 2.10 bits per heavy atom. The number of carbonyl (C=O) groups excluding carboxylic acids is 1. The van der Waals surface area contributed by atoms with Gasteiger partial charge in [-0.1, -0.05) is 39.0 Å². The summed E-state index contributed by atoms with van der Waals surface area (Å²) in [7, 11) is 1.89. The van der Waals surface area contributed by atoms with Gasteiger partial charge in [0.05, 0.1) is 6.04 Å². The van der Waals surface area contributed by atoms with Gasteiger partial charge in [-0.2, -0.15) is 0 Å². The molecule has 0 radical (unpaired) electrons. The van der Waals surface area contributed by atoms with Crippen molar-refractivity contribution >= 4 is 5.91 Å². The lowest BCUT2D eigenvalue weighted by Crippen LogP contribution is -2.31. The molecule has 2 atom stereocenters. The molecule has 1 aliphatic carbocycles. The molecular weight excluding hydrogens is 252 g/mol. The molecule has 1 amide bonds. The van der Waals surface area contributed by atoms with Crippen LogP contribution >= 0.6 is 0 Å². The van der Waals surface area contributed by atoms with Gasteiger partial charge in [-0.05, 0) is 18.8 Å². The lowest BCUT2D eigenvalue weighted by Gasteiger charge is -2.27. The first-order valence-corrected chi connectivity index (χ1v) is 7.71. The topological polar surface area (TPSA) is 59.8 Å². The van der Waals surface area contributed by atoms with Crippen molar-refractivity contribution in [2.45, 2.75) is 58.4 Å². The molecule has 1 aromatic heterocycles. The number of carbonyl (C=O) groups is 1. The molecule has 112 valence electrons. The van der Waals surface area contributed by atoms with Crippen LogP contribution in [0.15, 0.2) is 6.33 Å². The zero-order chi connectivity index (χ0) is 14.5. The molecule has 5 nitrogen and oxygen atoms in total. The quantitative estimate of drug-likeness (QED) is 0.900. The van der Waals surface area contributed by atoms with E-state index in [9.17, 15) is 4.79 Å². The lowest BCUT2D eigenvalue weighted by molar-refractivity contribution is -0.123. The summed E-state index contributed by atoms with van der Waals surface area (Å²) in [4.78, 5) is 12.1. The van der Waals surface area contributed by atoms with Gasteiger partial charge in [0.25, 0.3) is 0 Å². The summed E-state index contributed by atoms with van der Waals surface area (Å²) in [5, 5.41) is 10.9. The van der Waals surface area contributed by atoms with E-state index >= 15 is 0 Å². The predicted molar refractivity (Wildman–Crippen MR) is 77.9 cm³/mol. The third-order valence-corrected chi connectivity index (χ3v) is 4.47. The first kappa shape index (κ1) is 15.0. The van der Waals surface area contributed by atoms with E-state index in [0.717, 1.165) is 11.7 Å².